The van der Waals surface area contributed by atoms with Gasteiger partial charge in [-0.15, -0.1) is 0 Å². The zero-order valence-corrected chi connectivity index (χ0v) is 18.5. The van der Waals surface area contributed by atoms with Crippen LogP contribution >= 0.6 is 0 Å². The number of sulfonamides is 1. The second-order valence-electron chi connectivity index (χ2n) is 7.70. The Labute approximate surface area is 190 Å². The zero-order valence-electron chi connectivity index (χ0n) is 17.7. The van der Waals surface area contributed by atoms with E-state index in [1.807, 2.05) is 11.0 Å². The van der Waals surface area contributed by atoms with Crippen molar-refractivity contribution in [3.05, 3.63) is 90.0 Å². The third-order valence-corrected chi connectivity index (χ3v) is 7.11. The summed E-state index contributed by atoms with van der Waals surface area (Å²) in [6.07, 6.45) is 3.26. The lowest BCUT2D eigenvalue weighted by atomic mass is 10.1. The van der Waals surface area contributed by atoms with Gasteiger partial charge in [0.2, 0.25) is 10.0 Å². The predicted molar refractivity (Wildman–Crippen MR) is 119 cm³/mol. The average molecular weight is 477 g/mol. The van der Waals surface area contributed by atoms with Crippen LogP contribution in [0.4, 0.5) is 18.9 Å². The van der Waals surface area contributed by atoms with Crippen LogP contribution in [-0.4, -0.2) is 51.0 Å². The summed E-state index contributed by atoms with van der Waals surface area (Å²) in [4.78, 5) is 7.40. The molecular weight excluding hydrogens is 453 g/mol. The smallest absolute Gasteiger partial charge is 0.243 e. The summed E-state index contributed by atoms with van der Waals surface area (Å²) in [6.45, 7) is 2.11. The maximum atomic E-state index is 14.2. The first-order valence-corrected chi connectivity index (χ1v) is 11.9. The van der Waals surface area contributed by atoms with E-state index in [-0.39, 0.29) is 12.4 Å². The molecule has 6 nitrogen and oxygen atoms in total. The number of pyridine rings is 1. The van der Waals surface area contributed by atoms with Gasteiger partial charge in [-0.25, -0.2) is 26.3 Å². The van der Waals surface area contributed by atoms with Crippen LogP contribution in [0.1, 0.15) is 11.6 Å². The first kappa shape index (κ1) is 23.2. The largest absolute Gasteiger partial charge is 0.367 e. The van der Waals surface area contributed by atoms with Crippen molar-refractivity contribution in [1.29, 1.82) is 0 Å². The predicted octanol–water partition coefficient (Wildman–Crippen LogP) is 3.34. The first-order valence-electron chi connectivity index (χ1n) is 10.4. The fourth-order valence-electron chi connectivity index (χ4n) is 3.96. The van der Waals surface area contributed by atoms with Gasteiger partial charge < -0.3 is 4.90 Å². The number of piperazine rings is 1. The zero-order chi connectivity index (χ0) is 23.4. The quantitative estimate of drug-likeness (QED) is 0.567. The number of rotatable bonds is 7. The summed E-state index contributed by atoms with van der Waals surface area (Å²) in [5.74, 6) is -2.16. The molecule has 1 fully saturated rings. The lowest BCUT2D eigenvalue weighted by molar-refractivity contribution is 0.186. The van der Waals surface area contributed by atoms with Crippen LogP contribution in [0.3, 0.4) is 0 Å². The van der Waals surface area contributed by atoms with E-state index in [2.05, 4.69) is 14.6 Å². The Morgan fingerprint density at radius 2 is 1.70 bits per heavy atom. The molecule has 174 valence electrons. The molecule has 1 atom stereocenters. The number of hydrogen-bond donors (Lipinski definition) is 1. The SMILES string of the molecule is O=S(=O)(NCC(c1cccnc1)N1CCN(c2ccccc2F)CC1)c1cc(F)ccc1F. The van der Waals surface area contributed by atoms with Gasteiger partial charge in [0.05, 0.1) is 11.7 Å². The molecule has 0 amide bonds. The third kappa shape index (κ3) is 5.35. The minimum Gasteiger partial charge on any atom is -0.367 e. The molecule has 33 heavy (non-hydrogen) atoms. The number of aromatic nitrogens is 1. The second-order valence-corrected chi connectivity index (χ2v) is 9.44. The molecule has 3 aromatic rings. The summed E-state index contributed by atoms with van der Waals surface area (Å²) < 4.78 is 69.6. The van der Waals surface area contributed by atoms with Crippen LogP contribution in [0.15, 0.2) is 71.9 Å². The van der Waals surface area contributed by atoms with E-state index in [1.165, 1.54) is 6.07 Å². The van der Waals surface area contributed by atoms with Gasteiger partial charge in [0.25, 0.3) is 0 Å². The molecular formula is C23H23F3N4O2S. The van der Waals surface area contributed by atoms with E-state index in [0.29, 0.717) is 37.9 Å². The number of nitrogens with zero attached hydrogens (tertiary/aromatic N) is 3. The summed E-state index contributed by atoms with van der Waals surface area (Å²) in [5, 5.41) is 0. The van der Waals surface area contributed by atoms with Gasteiger partial charge in [0, 0.05) is 45.1 Å². The van der Waals surface area contributed by atoms with Gasteiger partial charge in [-0.1, -0.05) is 18.2 Å². The monoisotopic (exact) mass is 476 g/mol. The van der Waals surface area contributed by atoms with Crippen molar-refractivity contribution in [2.45, 2.75) is 10.9 Å². The fraction of sp³-hybridized carbons (Fsp3) is 0.261. The van der Waals surface area contributed by atoms with Crippen LogP contribution < -0.4 is 9.62 Å². The van der Waals surface area contributed by atoms with E-state index < -0.39 is 32.6 Å². The van der Waals surface area contributed by atoms with E-state index in [4.69, 9.17) is 0 Å². The maximum absolute atomic E-state index is 14.2. The number of benzene rings is 2. The Morgan fingerprint density at radius 1 is 0.939 bits per heavy atom. The minimum absolute atomic E-state index is 0.0658. The Bertz CT molecular complexity index is 1200. The highest BCUT2D eigenvalue weighted by atomic mass is 32.2. The summed E-state index contributed by atoms with van der Waals surface area (Å²) in [7, 11) is -4.29. The van der Waals surface area contributed by atoms with E-state index in [9.17, 15) is 21.6 Å². The van der Waals surface area contributed by atoms with Crippen LogP contribution in [0.2, 0.25) is 0 Å². The molecule has 10 heteroatoms. The van der Waals surface area contributed by atoms with E-state index >= 15 is 0 Å². The van der Waals surface area contributed by atoms with Gasteiger partial charge in [0.15, 0.2) is 0 Å². The molecule has 0 saturated carbocycles. The average Bonchev–Trinajstić information content (AvgIpc) is 2.82. The van der Waals surface area contributed by atoms with Gasteiger partial charge >= 0.3 is 0 Å². The Hall–Kier alpha value is -2.95. The minimum atomic E-state index is -4.29. The van der Waals surface area contributed by atoms with Crippen LogP contribution in [-0.2, 0) is 10.0 Å². The summed E-state index contributed by atoms with van der Waals surface area (Å²) in [5.41, 5.74) is 1.30. The molecule has 1 saturated heterocycles. The number of halogens is 3. The highest BCUT2D eigenvalue weighted by Crippen LogP contribution is 2.26. The normalized spacial score (nSPS) is 16.0. The van der Waals surface area contributed by atoms with Crippen LogP contribution in [0, 0.1) is 17.5 Å². The lowest BCUT2D eigenvalue weighted by Gasteiger charge is -2.40. The van der Waals surface area contributed by atoms with Crippen molar-refractivity contribution in [3.63, 3.8) is 0 Å². The molecule has 1 unspecified atom stereocenters. The Kier molecular flexibility index (Phi) is 6.96. The molecule has 1 aromatic heterocycles. The standard InChI is InChI=1S/C23H23F3N4O2S/c24-18-7-8-20(26)23(14-18)33(31,32)28-16-22(17-4-3-9-27-15-17)30-12-10-29(11-13-30)21-6-2-1-5-19(21)25/h1-9,14-15,22,28H,10-13,16H2. The second kappa shape index (κ2) is 9.90. The Balaban J connectivity index is 1.51. The molecule has 2 aromatic carbocycles. The highest BCUT2D eigenvalue weighted by molar-refractivity contribution is 7.89. The van der Waals surface area contributed by atoms with Crippen molar-refractivity contribution in [3.8, 4) is 0 Å². The van der Waals surface area contributed by atoms with Crippen molar-refractivity contribution in [1.82, 2.24) is 14.6 Å². The van der Waals surface area contributed by atoms with Crippen molar-refractivity contribution < 1.29 is 21.6 Å². The van der Waals surface area contributed by atoms with Crippen LogP contribution in [0.5, 0.6) is 0 Å². The topological polar surface area (TPSA) is 65.5 Å². The highest BCUT2D eigenvalue weighted by Gasteiger charge is 2.28. The van der Waals surface area contributed by atoms with Gasteiger partial charge in [-0.05, 0) is 42.0 Å². The molecule has 0 radical (unpaired) electrons. The lowest BCUT2D eigenvalue weighted by Crippen LogP contribution is -2.50. The molecule has 1 aliphatic rings. The number of anilines is 1. The maximum Gasteiger partial charge on any atom is 0.243 e. The molecule has 1 N–H and O–H groups in total. The van der Waals surface area contributed by atoms with E-state index in [1.54, 1.807) is 36.7 Å². The van der Waals surface area contributed by atoms with Gasteiger partial charge in [-0.2, -0.15) is 0 Å². The van der Waals surface area contributed by atoms with Crippen molar-refractivity contribution in [2.24, 2.45) is 0 Å². The summed E-state index contributed by atoms with van der Waals surface area (Å²) in [6, 6.07) is 12.1. The molecule has 0 bridgehead atoms. The van der Waals surface area contributed by atoms with E-state index in [0.717, 1.165) is 17.7 Å². The number of nitrogens with one attached hydrogen (secondary N) is 1. The Morgan fingerprint density at radius 3 is 2.39 bits per heavy atom. The van der Waals surface area contributed by atoms with Crippen molar-refractivity contribution >= 4 is 15.7 Å². The fourth-order valence-corrected chi connectivity index (χ4v) is 5.09. The molecule has 1 aliphatic heterocycles. The molecule has 2 heterocycles. The van der Waals surface area contributed by atoms with Gasteiger partial charge in [-0.3, -0.25) is 9.88 Å². The molecule has 0 spiro atoms. The van der Waals surface area contributed by atoms with Gasteiger partial charge in [0.1, 0.15) is 22.3 Å². The third-order valence-electron chi connectivity index (χ3n) is 5.67. The molecule has 0 aliphatic carbocycles. The number of para-hydroxylation sites is 1. The van der Waals surface area contributed by atoms with Crippen LogP contribution in [0.25, 0.3) is 0 Å². The summed E-state index contributed by atoms with van der Waals surface area (Å²) >= 11 is 0. The molecule has 4 rings (SSSR count). The number of hydrogen-bond acceptors (Lipinski definition) is 5. The first-order chi connectivity index (χ1) is 15.8. The van der Waals surface area contributed by atoms with Crippen molar-refractivity contribution in [2.75, 3.05) is 37.6 Å².